The minimum atomic E-state index is -3.40. The number of rotatable bonds is 1. The normalized spacial score (nSPS) is 12.2. The first-order valence-electron chi connectivity index (χ1n) is 2.47. The SMILES string of the molecule is C=C([CH2-])C#N.[CH2-]P(=O)(O)OC.[Y+3]. The number of hydrogen-bond acceptors (Lipinski definition) is 3. The topological polar surface area (TPSA) is 70.3 Å². The second-order valence-electron chi connectivity index (χ2n) is 1.54. The molecule has 0 fully saturated rings. The fourth-order valence-corrected chi connectivity index (χ4v) is 0. The van der Waals surface area contributed by atoms with Crippen molar-refractivity contribution < 1.29 is 46.7 Å². The van der Waals surface area contributed by atoms with Crippen molar-refractivity contribution in [3.05, 3.63) is 25.7 Å². The molecule has 12 heavy (non-hydrogen) atoms. The Morgan fingerprint density at radius 1 is 1.83 bits per heavy atom. The van der Waals surface area contributed by atoms with Crippen LogP contribution in [-0.2, 0) is 41.8 Å². The number of hydrogen-bond donors (Lipinski definition) is 1. The Morgan fingerprint density at radius 2 is 2.00 bits per heavy atom. The molecule has 0 amide bonds. The van der Waals surface area contributed by atoms with Crippen LogP contribution in [0.15, 0.2) is 12.2 Å². The summed E-state index contributed by atoms with van der Waals surface area (Å²) in [6, 6.07) is 1.72. The van der Waals surface area contributed by atoms with Crippen LogP contribution in [0.1, 0.15) is 0 Å². The second-order valence-corrected chi connectivity index (χ2v) is 3.18. The van der Waals surface area contributed by atoms with E-state index in [1.807, 2.05) is 0 Å². The molecule has 0 rings (SSSR count). The van der Waals surface area contributed by atoms with Gasteiger partial charge in [-0.3, -0.25) is 9.83 Å². The standard InChI is InChI=1S/C4H4N.C2H6O3P.Y/c1-4(2)3-5;1-5-6(2,3)4;/h1-2H2;2H2,1H3,(H,3,4);/q2*-1;+3. The summed E-state index contributed by atoms with van der Waals surface area (Å²) < 4.78 is 13.7. The summed E-state index contributed by atoms with van der Waals surface area (Å²) in [4.78, 5) is 8.05. The number of nitriles is 1. The summed E-state index contributed by atoms with van der Waals surface area (Å²) >= 11 is 0. The van der Waals surface area contributed by atoms with Gasteiger partial charge >= 0.3 is 32.7 Å². The van der Waals surface area contributed by atoms with E-state index in [1.165, 1.54) is 0 Å². The zero-order valence-corrected chi connectivity index (χ0v) is 10.6. The molecule has 0 aromatic heterocycles. The Hall–Kier alpha value is 0.354. The van der Waals surface area contributed by atoms with Gasteiger partial charge in [0.25, 0.3) is 0 Å². The fraction of sp³-hybridized carbons (Fsp3) is 0.167. The minimum absolute atomic E-state index is 0. The fourth-order valence-electron chi connectivity index (χ4n) is 0. The summed E-state index contributed by atoms with van der Waals surface area (Å²) in [7, 11) is -2.26. The zero-order chi connectivity index (χ0) is 9.49. The Morgan fingerprint density at radius 3 is 2.00 bits per heavy atom. The van der Waals surface area contributed by atoms with Gasteiger partial charge in [0.1, 0.15) is 0 Å². The maximum Gasteiger partial charge on any atom is 3.00 e. The molecule has 0 bridgehead atoms. The van der Waals surface area contributed by atoms with Crippen LogP contribution >= 0.6 is 7.60 Å². The third-order valence-electron chi connectivity index (χ3n) is 0.443. The summed E-state index contributed by atoms with van der Waals surface area (Å²) in [6.45, 7) is 9.18. The average Bonchev–Trinajstić information content (AvgIpc) is 1.88. The van der Waals surface area contributed by atoms with Gasteiger partial charge in [-0.2, -0.15) is 13.5 Å². The molecule has 6 heteroatoms. The molecule has 0 radical (unpaired) electrons. The first-order chi connectivity index (χ1) is 4.83. The van der Waals surface area contributed by atoms with E-state index in [2.05, 4.69) is 24.7 Å². The molecule has 0 aromatic rings. The second kappa shape index (κ2) is 9.44. The zero-order valence-electron chi connectivity index (χ0n) is 6.86. The molecule has 1 unspecified atom stereocenters. The predicted octanol–water partition coefficient (Wildman–Crippen LogP) is 1.51. The molecule has 0 spiro atoms. The number of allylic oxidation sites excluding steroid dienone is 1. The van der Waals surface area contributed by atoms with E-state index in [9.17, 15) is 4.57 Å². The molecular formula is C6H10NO3PY+. The van der Waals surface area contributed by atoms with Crippen LogP contribution in [0.5, 0.6) is 0 Å². The predicted molar refractivity (Wildman–Crippen MR) is 42.3 cm³/mol. The first kappa shape index (κ1) is 18.2. The minimum Gasteiger partial charge on any atom is -0.347 e. The molecule has 1 N–H and O–H groups in total. The molecule has 0 aliphatic rings. The van der Waals surface area contributed by atoms with Crippen LogP contribution in [-0.4, -0.2) is 12.0 Å². The smallest absolute Gasteiger partial charge is 0.347 e. The molecule has 4 nitrogen and oxygen atoms in total. The number of nitrogens with zero attached hydrogens (tertiary/aromatic N) is 1. The quantitative estimate of drug-likeness (QED) is 0.442. The van der Waals surface area contributed by atoms with Crippen molar-refractivity contribution in [3.8, 4) is 6.07 Å². The largest absolute Gasteiger partial charge is 3.00 e. The molecule has 0 aliphatic carbocycles. The monoisotopic (exact) mass is 264 g/mol. The summed E-state index contributed by atoms with van der Waals surface area (Å²) in [5.74, 6) is 0. The van der Waals surface area contributed by atoms with E-state index in [0.29, 0.717) is 5.57 Å². The maximum atomic E-state index is 9.81. The molecule has 1 atom stereocenters. The van der Waals surface area contributed by atoms with Crippen molar-refractivity contribution in [1.29, 1.82) is 5.26 Å². The third kappa shape index (κ3) is 31.6. The van der Waals surface area contributed by atoms with Gasteiger partial charge in [0, 0.05) is 7.11 Å². The van der Waals surface area contributed by atoms with E-state index in [0.717, 1.165) is 7.11 Å². The maximum absolute atomic E-state index is 9.81. The van der Waals surface area contributed by atoms with Crippen molar-refractivity contribution in [3.63, 3.8) is 0 Å². The molecule has 0 saturated heterocycles. The third-order valence-corrected chi connectivity index (χ3v) is 1.01. The van der Waals surface area contributed by atoms with Gasteiger partial charge in [-0.15, -0.1) is 5.57 Å². The Balaban J connectivity index is -0.000000126. The average molecular weight is 264 g/mol. The van der Waals surface area contributed by atoms with Gasteiger partial charge in [-0.25, -0.2) is 6.66 Å². The molecule has 0 aromatic carbocycles. The van der Waals surface area contributed by atoms with Crippen molar-refractivity contribution in [2.45, 2.75) is 0 Å². The van der Waals surface area contributed by atoms with Crippen molar-refractivity contribution in [2.24, 2.45) is 0 Å². The van der Waals surface area contributed by atoms with E-state index < -0.39 is 7.60 Å². The van der Waals surface area contributed by atoms with Crippen molar-refractivity contribution in [1.82, 2.24) is 0 Å². The molecular weight excluding hydrogens is 254 g/mol. The van der Waals surface area contributed by atoms with Crippen LogP contribution < -0.4 is 0 Å². The summed E-state index contributed by atoms with van der Waals surface area (Å²) in [5, 5.41) is 7.73. The Labute approximate surface area is 98.0 Å². The van der Waals surface area contributed by atoms with Gasteiger partial charge in [0.15, 0.2) is 7.60 Å². The van der Waals surface area contributed by atoms with E-state index >= 15 is 0 Å². The summed E-state index contributed by atoms with van der Waals surface area (Å²) in [5.41, 5.74) is 0.310. The van der Waals surface area contributed by atoms with Crippen LogP contribution in [0, 0.1) is 24.9 Å². The Kier molecular flexibility index (Phi) is 14.3. The van der Waals surface area contributed by atoms with Crippen molar-refractivity contribution >= 4 is 7.60 Å². The van der Waals surface area contributed by atoms with Crippen molar-refractivity contribution in [2.75, 3.05) is 7.11 Å². The first-order valence-corrected chi connectivity index (χ1v) is 4.23. The van der Waals surface area contributed by atoms with Crippen LogP contribution in [0.25, 0.3) is 0 Å². The van der Waals surface area contributed by atoms with E-state index in [1.54, 1.807) is 6.07 Å². The van der Waals surface area contributed by atoms with E-state index in [4.69, 9.17) is 10.2 Å². The van der Waals surface area contributed by atoms with E-state index in [-0.39, 0.29) is 32.7 Å². The van der Waals surface area contributed by atoms with Gasteiger partial charge in [0.05, 0.1) is 0 Å². The van der Waals surface area contributed by atoms with Gasteiger partial charge in [0.2, 0.25) is 0 Å². The van der Waals surface area contributed by atoms with Gasteiger partial charge < -0.3 is 9.42 Å². The van der Waals surface area contributed by atoms with Gasteiger partial charge in [-0.05, 0) is 0 Å². The molecule has 0 heterocycles. The van der Waals surface area contributed by atoms with Crippen LogP contribution in [0.2, 0.25) is 0 Å². The molecule has 0 aliphatic heterocycles. The summed E-state index contributed by atoms with van der Waals surface area (Å²) in [6.07, 6.45) is 0. The molecule has 0 saturated carbocycles. The Bertz CT molecular complexity index is 205. The van der Waals surface area contributed by atoms with Gasteiger partial charge in [-0.1, -0.05) is 6.07 Å². The van der Waals surface area contributed by atoms with Crippen LogP contribution in [0.3, 0.4) is 0 Å². The van der Waals surface area contributed by atoms with Crippen LogP contribution in [0.4, 0.5) is 0 Å². The molecule has 64 valence electrons.